The molecule has 1 aliphatic rings. The van der Waals surface area contributed by atoms with Crippen LogP contribution in [0.15, 0.2) is 54.6 Å². The minimum Gasteiger partial charge on any atom is -0.336 e. The van der Waals surface area contributed by atoms with E-state index in [4.69, 9.17) is 0 Å². The number of fused-ring (bicyclic) bond motifs is 1. The van der Waals surface area contributed by atoms with Gasteiger partial charge < -0.3 is 4.90 Å². The fraction of sp³-hybridized carbons (Fsp3) is 0.278. The van der Waals surface area contributed by atoms with Crippen molar-refractivity contribution in [1.29, 1.82) is 0 Å². The molecule has 0 atom stereocenters. The largest absolute Gasteiger partial charge is 0.336 e. The molecule has 1 aliphatic heterocycles. The Morgan fingerprint density at radius 3 is 2.42 bits per heavy atom. The number of aromatic nitrogens is 3. The van der Waals surface area contributed by atoms with Crippen molar-refractivity contribution < 1.29 is 4.79 Å². The number of amides is 1. The second kappa shape index (κ2) is 6.41. The van der Waals surface area contributed by atoms with E-state index < -0.39 is 0 Å². The molecule has 0 N–H and O–H groups in total. The molecule has 1 fully saturated rings. The second-order valence-corrected chi connectivity index (χ2v) is 6.00. The lowest BCUT2D eigenvalue weighted by molar-refractivity contribution is 0.0588. The quantitative estimate of drug-likeness (QED) is 0.739. The molecule has 2 heterocycles. The van der Waals surface area contributed by atoms with Crippen LogP contribution in [0.2, 0.25) is 0 Å². The van der Waals surface area contributed by atoms with Crippen molar-refractivity contribution in [2.75, 3.05) is 26.2 Å². The summed E-state index contributed by atoms with van der Waals surface area (Å²) in [6.45, 7) is 3.86. The molecule has 1 saturated heterocycles. The normalized spacial score (nSPS) is 15.8. The zero-order chi connectivity index (χ0) is 16.4. The Morgan fingerprint density at radius 1 is 0.917 bits per heavy atom. The number of para-hydroxylation sites is 1. The third-order valence-electron chi connectivity index (χ3n) is 4.43. The highest BCUT2D eigenvalue weighted by atomic mass is 16.2. The molecule has 122 valence electrons. The lowest BCUT2D eigenvalue weighted by Gasteiger charge is -2.34. The van der Waals surface area contributed by atoms with Gasteiger partial charge in [-0.15, -0.1) is 5.10 Å². The van der Waals surface area contributed by atoms with E-state index in [9.17, 15) is 4.79 Å². The van der Waals surface area contributed by atoms with Gasteiger partial charge in [0.25, 0.3) is 5.91 Å². The molecule has 0 spiro atoms. The summed E-state index contributed by atoms with van der Waals surface area (Å²) >= 11 is 0. The molecule has 0 unspecified atom stereocenters. The van der Waals surface area contributed by atoms with Gasteiger partial charge in [0, 0.05) is 31.7 Å². The maximum absolute atomic E-state index is 12.5. The van der Waals surface area contributed by atoms with Crippen LogP contribution in [-0.4, -0.2) is 56.9 Å². The molecule has 3 aromatic rings. The number of hydrogen-bond donors (Lipinski definition) is 0. The first-order valence-corrected chi connectivity index (χ1v) is 8.16. The van der Waals surface area contributed by atoms with Gasteiger partial charge in [-0.3, -0.25) is 9.69 Å². The molecular weight excluding hydrogens is 302 g/mol. The molecule has 2 aromatic carbocycles. The molecule has 24 heavy (non-hydrogen) atoms. The van der Waals surface area contributed by atoms with Crippen LogP contribution in [0.25, 0.3) is 11.0 Å². The standard InChI is InChI=1S/C18H19N5O/c24-18(15-6-2-1-3-7-15)22-12-10-21(11-13-22)14-23-17-9-5-4-8-16(17)19-20-23/h1-9H,10-14H2. The van der Waals surface area contributed by atoms with Crippen LogP contribution in [0.3, 0.4) is 0 Å². The Morgan fingerprint density at radius 2 is 1.62 bits per heavy atom. The van der Waals surface area contributed by atoms with E-state index >= 15 is 0 Å². The van der Waals surface area contributed by atoms with Gasteiger partial charge in [0.1, 0.15) is 5.52 Å². The van der Waals surface area contributed by atoms with Crippen molar-refractivity contribution in [3.05, 3.63) is 60.2 Å². The molecular formula is C18H19N5O. The molecule has 1 amide bonds. The van der Waals surface area contributed by atoms with Crippen molar-refractivity contribution in [3.8, 4) is 0 Å². The van der Waals surface area contributed by atoms with E-state index in [2.05, 4.69) is 15.2 Å². The van der Waals surface area contributed by atoms with Crippen LogP contribution < -0.4 is 0 Å². The van der Waals surface area contributed by atoms with Crippen LogP contribution in [0.1, 0.15) is 10.4 Å². The minimum absolute atomic E-state index is 0.112. The van der Waals surface area contributed by atoms with Crippen LogP contribution in [0.5, 0.6) is 0 Å². The van der Waals surface area contributed by atoms with Crippen molar-refractivity contribution in [2.45, 2.75) is 6.67 Å². The summed E-state index contributed by atoms with van der Waals surface area (Å²) in [5.74, 6) is 0.112. The third-order valence-corrected chi connectivity index (χ3v) is 4.43. The predicted molar refractivity (Wildman–Crippen MR) is 91.4 cm³/mol. The average molecular weight is 321 g/mol. The number of nitrogens with zero attached hydrogens (tertiary/aromatic N) is 5. The highest BCUT2D eigenvalue weighted by Crippen LogP contribution is 2.13. The van der Waals surface area contributed by atoms with E-state index in [1.54, 1.807) is 0 Å². The smallest absolute Gasteiger partial charge is 0.253 e. The van der Waals surface area contributed by atoms with Crippen LogP contribution in [-0.2, 0) is 6.67 Å². The Labute approximate surface area is 140 Å². The number of hydrogen-bond acceptors (Lipinski definition) is 4. The first-order valence-electron chi connectivity index (χ1n) is 8.16. The molecule has 0 radical (unpaired) electrons. The second-order valence-electron chi connectivity index (χ2n) is 6.00. The van der Waals surface area contributed by atoms with Gasteiger partial charge >= 0.3 is 0 Å². The number of piperazine rings is 1. The topological polar surface area (TPSA) is 54.3 Å². The van der Waals surface area contributed by atoms with Crippen molar-refractivity contribution in [1.82, 2.24) is 24.8 Å². The zero-order valence-electron chi connectivity index (χ0n) is 13.4. The molecule has 6 heteroatoms. The van der Waals surface area contributed by atoms with E-state index in [0.29, 0.717) is 6.67 Å². The molecule has 6 nitrogen and oxygen atoms in total. The number of rotatable bonds is 3. The van der Waals surface area contributed by atoms with E-state index in [0.717, 1.165) is 42.8 Å². The average Bonchev–Trinajstić information content (AvgIpc) is 3.06. The Kier molecular flexibility index (Phi) is 3.96. The Balaban J connectivity index is 1.39. The molecule has 1 aromatic heterocycles. The summed E-state index contributed by atoms with van der Waals surface area (Å²) in [6.07, 6.45) is 0. The molecule has 0 saturated carbocycles. The third kappa shape index (κ3) is 2.88. The van der Waals surface area contributed by atoms with E-state index in [1.165, 1.54) is 0 Å². The fourth-order valence-corrected chi connectivity index (χ4v) is 3.07. The molecule has 0 aliphatic carbocycles. The zero-order valence-corrected chi connectivity index (χ0v) is 13.4. The van der Waals surface area contributed by atoms with Gasteiger partial charge in [-0.2, -0.15) is 0 Å². The van der Waals surface area contributed by atoms with E-state index in [1.807, 2.05) is 64.2 Å². The lowest BCUT2D eigenvalue weighted by Crippen LogP contribution is -2.49. The van der Waals surface area contributed by atoms with E-state index in [-0.39, 0.29) is 5.91 Å². The first-order chi connectivity index (χ1) is 11.8. The van der Waals surface area contributed by atoms with Crippen molar-refractivity contribution >= 4 is 16.9 Å². The number of carbonyl (C=O) groups excluding carboxylic acids is 1. The maximum Gasteiger partial charge on any atom is 0.253 e. The minimum atomic E-state index is 0.112. The van der Waals surface area contributed by atoms with Gasteiger partial charge in [0.05, 0.1) is 12.2 Å². The van der Waals surface area contributed by atoms with Gasteiger partial charge in [-0.25, -0.2) is 4.68 Å². The summed E-state index contributed by atoms with van der Waals surface area (Å²) in [6, 6.07) is 17.4. The Bertz CT molecular complexity index is 837. The molecule has 4 rings (SSSR count). The van der Waals surface area contributed by atoms with Crippen LogP contribution in [0, 0.1) is 0 Å². The van der Waals surface area contributed by atoms with Gasteiger partial charge in [0.15, 0.2) is 0 Å². The van der Waals surface area contributed by atoms with Gasteiger partial charge in [0.2, 0.25) is 0 Å². The maximum atomic E-state index is 12.5. The summed E-state index contributed by atoms with van der Waals surface area (Å²) in [5.41, 5.74) is 2.71. The number of benzene rings is 2. The van der Waals surface area contributed by atoms with Crippen molar-refractivity contribution in [2.24, 2.45) is 0 Å². The summed E-state index contributed by atoms with van der Waals surface area (Å²) < 4.78 is 1.92. The summed E-state index contributed by atoms with van der Waals surface area (Å²) in [4.78, 5) is 16.7. The number of carbonyl (C=O) groups is 1. The summed E-state index contributed by atoms with van der Waals surface area (Å²) in [7, 11) is 0. The molecule has 0 bridgehead atoms. The summed E-state index contributed by atoms with van der Waals surface area (Å²) in [5, 5.41) is 8.42. The predicted octanol–water partition coefficient (Wildman–Crippen LogP) is 1.85. The van der Waals surface area contributed by atoms with Gasteiger partial charge in [-0.05, 0) is 24.3 Å². The Hall–Kier alpha value is -2.73. The SMILES string of the molecule is O=C(c1ccccc1)N1CCN(Cn2nnc3ccccc32)CC1. The van der Waals surface area contributed by atoms with Crippen LogP contribution >= 0.6 is 0 Å². The lowest BCUT2D eigenvalue weighted by atomic mass is 10.2. The fourth-order valence-electron chi connectivity index (χ4n) is 3.07. The highest BCUT2D eigenvalue weighted by molar-refractivity contribution is 5.94. The first kappa shape index (κ1) is 14.8. The van der Waals surface area contributed by atoms with Crippen LogP contribution in [0.4, 0.5) is 0 Å². The van der Waals surface area contributed by atoms with Crippen molar-refractivity contribution in [3.63, 3.8) is 0 Å². The van der Waals surface area contributed by atoms with Gasteiger partial charge in [-0.1, -0.05) is 35.5 Å². The highest BCUT2D eigenvalue weighted by Gasteiger charge is 2.22. The monoisotopic (exact) mass is 321 g/mol.